The number of carbonyl (C=O) groups is 1. The summed E-state index contributed by atoms with van der Waals surface area (Å²) in [6, 6.07) is 6.22. The molecular formula is C19H24BrNO2. The summed E-state index contributed by atoms with van der Waals surface area (Å²) in [5.74, 6) is 1.87. The maximum atomic E-state index is 12.8. The lowest BCUT2D eigenvalue weighted by Gasteiger charge is -2.20. The van der Waals surface area contributed by atoms with E-state index in [4.69, 9.17) is 4.42 Å². The number of hydrogen-bond donors (Lipinski definition) is 1. The fraction of sp³-hybridized carbons (Fsp3) is 0.421. The van der Waals surface area contributed by atoms with Gasteiger partial charge in [0.25, 0.3) is 5.91 Å². The number of para-hydroxylation sites is 1. The number of anilines is 1. The SMILES string of the molecule is Cc1oc(C)c(C(=O)Nc2c(C(C)C)cccc2C(C)C)c1Br. The summed E-state index contributed by atoms with van der Waals surface area (Å²) in [6.45, 7) is 12.2. The summed E-state index contributed by atoms with van der Waals surface area (Å²) in [6.07, 6.45) is 0. The van der Waals surface area contributed by atoms with Crippen LogP contribution in [0.15, 0.2) is 27.1 Å². The molecule has 23 heavy (non-hydrogen) atoms. The summed E-state index contributed by atoms with van der Waals surface area (Å²) < 4.78 is 6.27. The summed E-state index contributed by atoms with van der Waals surface area (Å²) in [5.41, 5.74) is 3.79. The minimum absolute atomic E-state index is 0.138. The lowest BCUT2D eigenvalue weighted by atomic mass is 9.92. The van der Waals surface area contributed by atoms with E-state index in [1.807, 2.05) is 13.8 Å². The van der Waals surface area contributed by atoms with Gasteiger partial charge in [-0.2, -0.15) is 0 Å². The van der Waals surface area contributed by atoms with E-state index in [0.29, 0.717) is 28.9 Å². The van der Waals surface area contributed by atoms with Crippen molar-refractivity contribution in [2.45, 2.75) is 53.4 Å². The van der Waals surface area contributed by atoms with Gasteiger partial charge in [0.05, 0.1) is 10.0 Å². The average molecular weight is 378 g/mol. The van der Waals surface area contributed by atoms with Crippen molar-refractivity contribution in [2.24, 2.45) is 0 Å². The van der Waals surface area contributed by atoms with Crippen LogP contribution in [0.4, 0.5) is 5.69 Å². The van der Waals surface area contributed by atoms with Crippen LogP contribution in [0.5, 0.6) is 0 Å². The van der Waals surface area contributed by atoms with Crippen molar-refractivity contribution in [3.05, 3.63) is 50.9 Å². The molecule has 1 N–H and O–H groups in total. The van der Waals surface area contributed by atoms with Crippen LogP contribution >= 0.6 is 15.9 Å². The molecule has 0 unspecified atom stereocenters. The summed E-state index contributed by atoms with van der Waals surface area (Å²) in [7, 11) is 0. The highest BCUT2D eigenvalue weighted by Crippen LogP contribution is 2.34. The van der Waals surface area contributed by atoms with Crippen LogP contribution in [0.1, 0.15) is 72.5 Å². The molecule has 1 aromatic carbocycles. The molecule has 0 radical (unpaired) electrons. The van der Waals surface area contributed by atoms with Gasteiger partial charge < -0.3 is 9.73 Å². The second-order valence-electron chi connectivity index (χ2n) is 6.48. The van der Waals surface area contributed by atoms with E-state index in [9.17, 15) is 4.79 Å². The molecule has 0 aliphatic rings. The second kappa shape index (κ2) is 6.91. The highest BCUT2D eigenvalue weighted by Gasteiger charge is 2.22. The summed E-state index contributed by atoms with van der Waals surface area (Å²) in [4.78, 5) is 12.8. The van der Waals surface area contributed by atoms with Gasteiger partial charge in [-0.3, -0.25) is 4.79 Å². The third kappa shape index (κ3) is 3.52. The Bertz CT molecular complexity index is 703. The number of aryl methyl sites for hydroxylation is 2. The normalized spacial score (nSPS) is 11.3. The zero-order valence-electron chi connectivity index (χ0n) is 14.6. The first kappa shape index (κ1) is 17.8. The van der Waals surface area contributed by atoms with E-state index in [1.165, 1.54) is 0 Å². The van der Waals surface area contributed by atoms with Crippen LogP contribution in [-0.2, 0) is 0 Å². The molecule has 0 spiro atoms. The Balaban J connectivity index is 2.48. The van der Waals surface area contributed by atoms with Crippen LogP contribution in [0.2, 0.25) is 0 Å². The molecule has 3 nitrogen and oxygen atoms in total. The van der Waals surface area contributed by atoms with Crippen molar-refractivity contribution in [1.82, 2.24) is 0 Å². The van der Waals surface area contributed by atoms with Crippen LogP contribution < -0.4 is 5.32 Å². The molecule has 0 bridgehead atoms. The quantitative estimate of drug-likeness (QED) is 0.693. The van der Waals surface area contributed by atoms with Gasteiger partial charge in [-0.25, -0.2) is 0 Å². The van der Waals surface area contributed by atoms with Gasteiger partial charge in [0.1, 0.15) is 11.5 Å². The van der Waals surface area contributed by atoms with Crippen LogP contribution in [-0.4, -0.2) is 5.91 Å². The van der Waals surface area contributed by atoms with Crippen LogP contribution in [0.3, 0.4) is 0 Å². The highest BCUT2D eigenvalue weighted by atomic mass is 79.9. The first-order valence-corrected chi connectivity index (χ1v) is 8.73. The minimum Gasteiger partial charge on any atom is -0.465 e. The Kier molecular flexibility index (Phi) is 5.35. The largest absolute Gasteiger partial charge is 0.465 e. The standard InChI is InChI=1S/C19H24BrNO2/c1-10(2)14-8-7-9-15(11(3)4)18(14)21-19(22)16-12(5)23-13(6)17(16)20/h7-11H,1-6H3,(H,21,22). The maximum Gasteiger partial charge on any atom is 0.260 e. The first-order valence-electron chi connectivity index (χ1n) is 7.93. The van der Waals surface area contributed by atoms with Crippen molar-refractivity contribution < 1.29 is 9.21 Å². The average Bonchev–Trinajstić information content (AvgIpc) is 2.71. The fourth-order valence-electron chi connectivity index (χ4n) is 2.79. The highest BCUT2D eigenvalue weighted by molar-refractivity contribution is 9.10. The van der Waals surface area contributed by atoms with E-state index in [-0.39, 0.29) is 5.91 Å². The minimum atomic E-state index is -0.138. The number of benzene rings is 1. The van der Waals surface area contributed by atoms with E-state index < -0.39 is 0 Å². The van der Waals surface area contributed by atoms with Gasteiger partial charge in [-0.1, -0.05) is 45.9 Å². The molecule has 1 aromatic heterocycles. The smallest absolute Gasteiger partial charge is 0.260 e. The van der Waals surface area contributed by atoms with Crippen LogP contribution in [0.25, 0.3) is 0 Å². The van der Waals surface area contributed by atoms with Crippen LogP contribution in [0, 0.1) is 13.8 Å². The number of furan rings is 1. The van der Waals surface area contributed by atoms with Crippen molar-refractivity contribution in [3.8, 4) is 0 Å². The third-order valence-electron chi connectivity index (χ3n) is 4.03. The monoisotopic (exact) mass is 377 g/mol. The molecule has 124 valence electrons. The van der Waals surface area contributed by atoms with Crippen molar-refractivity contribution in [1.29, 1.82) is 0 Å². The third-order valence-corrected chi connectivity index (χ3v) is 4.98. The molecule has 0 aliphatic heterocycles. The van der Waals surface area contributed by atoms with Crippen molar-refractivity contribution >= 4 is 27.5 Å². The molecule has 0 saturated heterocycles. The second-order valence-corrected chi connectivity index (χ2v) is 7.27. The Hall–Kier alpha value is -1.55. The van der Waals surface area contributed by atoms with Gasteiger partial charge >= 0.3 is 0 Å². The number of hydrogen-bond acceptors (Lipinski definition) is 2. The van der Waals surface area contributed by atoms with Gasteiger partial charge in [0.15, 0.2) is 0 Å². The lowest BCUT2D eigenvalue weighted by Crippen LogP contribution is -2.16. The van der Waals surface area contributed by atoms with E-state index in [2.05, 4.69) is 67.1 Å². The Morgan fingerprint density at radius 1 is 1.04 bits per heavy atom. The number of carbonyl (C=O) groups excluding carboxylic acids is 1. The topological polar surface area (TPSA) is 42.2 Å². The molecule has 0 saturated carbocycles. The zero-order chi connectivity index (χ0) is 17.3. The van der Waals surface area contributed by atoms with Crippen molar-refractivity contribution in [2.75, 3.05) is 5.32 Å². The van der Waals surface area contributed by atoms with E-state index in [1.54, 1.807) is 0 Å². The maximum absolute atomic E-state index is 12.8. The molecule has 1 heterocycles. The first-order chi connectivity index (χ1) is 10.7. The Morgan fingerprint density at radius 3 is 1.96 bits per heavy atom. The fourth-order valence-corrected chi connectivity index (χ4v) is 3.33. The zero-order valence-corrected chi connectivity index (χ0v) is 16.2. The van der Waals surface area contributed by atoms with Gasteiger partial charge in [0.2, 0.25) is 0 Å². The lowest BCUT2D eigenvalue weighted by molar-refractivity contribution is 0.102. The predicted octanol–water partition coefficient (Wildman–Crippen LogP) is 6.16. The number of nitrogens with one attached hydrogen (secondary N) is 1. The molecule has 2 rings (SSSR count). The number of rotatable bonds is 4. The van der Waals surface area contributed by atoms with E-state index in [0.717, 1.165) is 21.3 Å². The predicted molar refractivity (Wildman–Crippen MR) is 98.5 cm³/mol. The molecule has 0 atom stereocenters. The van der Waals surface area contributed by atoms with Gasteiger partial charge in [0, 0.05) is 5.69 Å². The number of halogens is 1. The summed E-state index contributed by atoms with van der Waals surface area (Å²) >= 11 is 3.46. The Morgan fingerprint density at radius 2 is 1.57 bits per heavy atom. The van der Waals surface area contributed by atoms with Gasteiger partial charge in [-0.05, 0) is 52.7 Å². The van der Waals surface area contributed by atoms with E-state index >= 15 is 0 Å². The molecular weight excluding hydrogens is 354 g/mol. The Labute approximate surface area is 146 Å². The summed E-state index contributed by atoms with van der Waals surface area (Å²) in [5, 5.41) is 3.12. The van der Waals surface area contributed by atoms with Crippen molar-refractivity contribution in [3.63, 3.8) is 0 Å². The van der Waals surface area contributed by atoms with Gasteiger partial charge in [-0.15, -0.1) is 0 Å². The molecule has 4 heteroatoms. The molecule has 0 aliphatic carbocycles. The number of amides is 1. The molecule has 0 fully saturated rings. The molecule has 2 aromatic rings. The molecule has 1 amide bonds.